The van der Waals surface area contributed by atoms with E-state index in [1.807, 2.05) is 18.2 Å². The molecule has 4 nitrogen and oxygen atoms in total. The maximum Gasteiger partial charge on any atom is 0.306 e. The van der Waals surface area contributed by atoms with Crippen LogP contribution in [0.25, 0.3) is 0 Å². The van der Waals surface area contributed by atoms with Crippen LogP contribution >= 0.6 is 0 Å². The summed E-state index contributed by atoms with van der Waals surface area (Å²) in [6.45, 7) is 3.97. The monoisotopic (exact) mass is 378 g/mol. The van der Waals surface area contributed by atoms with Gasteiger partial charge in [0.25, 0.3) is 0 Å². The third kappa shape index (κ3) is 12.6. The number of allylic oxidation sites excluding steroid dienone is 3. The van der Waals surface area contributed by atoms with Crippen molar-refractivity contribution in [3.05, 3.63) is 36.5 Å². The Morgan fingerprint density at radius 1 is 1.11 bits per heavy atom. The van der Waals surface area contributed by atoms with Crippen molar-refractivity contribution in [2.75, 3.05) is 0 Å². The highest BCUT2D eigenvalue weighted by Gasteiger charge is 2.35. The average Bonchev–Trinajstić information content (AvgIpc) is 3.40. The molecular formula is C23H38O4. The Morgan fingerprint density at radius 2 is 1.89 bits per heavy atom. The van der Waals surface area contributed by atoms with E-state index in [0.29, 0.717) is 6.42 Å². The van der Waals surface area contributed by atoms with Gasteiger partial charge in [0.2, 0.25) is 0 Å². The molecule has 1 aliphatic rings. The molecule has 0 aromatic heterocycles. The number of unbranched alkanes of at least 4 members (excludes halogenated alkanes) is 4. The minimum atomic E-state index is -0.718. The van der Waals surface area contributed by atoms with E-state index in [2.05, 4.69) is 25.2 Å². The van der Waals surface area contributed by atoms with Crippen molar-refractivity contribution in [2.45, 2.75) is 96.4 Å². The minimum absolute atomic E-state index is 0.117. The van der Waals surface area contributed by atoms with E-state index >= 15 is 0 Å². The number of rotatable bonds is 16. The van der Waals surface area contributed by atoms with Crippen LogP contribution in [0.2, 0.25) is 0 Å². The topological polar surface area (TPSA) is 70.1 Å². The predicted molar refractivity (Wildman–Crippen MR) is 111 cm³/mol. The van der Waals surface area contributed by atoms with Gasteiger partial charge < -0.3 is 14.9 Å². The number of carbonyl (C=O) groups is 1. The predicted octanol–water partition coefficient (Wildman–Crippen LogP) is 5.42. The van der Waals surface area contributed by atoms with Crippen molar-refractivity contribution in [1.29, 1.82) is 0 Å². The number of aliphatic hydroxyl groups excluding tert-OH is 1. The van der Waals surface area contributed by atoms with Gasteiger partial charge in [-0.25, -0.2) is 0 Å². The number of carboxylic acids is 1. The molecule has 27 heavy (non-hydrogen) atoms. The summed E-state index contributed by atoms with van der Waals surface area (Å²) in [5, 5.41) is 18.8. The highest BCUT2D eigenvalue weighted by Crippen LogP contribution is 2.29. The van der Waals surface area contributed by atoms with Gasteiger partial charge in [0, 0.05) is 0 Å². The molecule has 1 rings (SSSR count). The third-order valence-corrected chi connectivity index (χ3v) is 4.90. The Kier molecular flexibility index (Phi) is 12.8. The van der Waals surface area contributed by atoms with Gasteiger partial charge in [0.15, 0.2) is 0 Å². The Bertz CT molecular complexity index is 481. The first-order valence-corrected chi connectivity index (χ1v) is 10.6. The second-order valence-corrected chi connectivity index (χ2v) is 7.53. The number of ether oxygens (including phenoxy) is 1. The molecule has 1 aliphatic heterocycles. The van der Waals surface area contributed by atoms with Crippen LogP contribution in [-0.2, 0) is 9.53 Å². The lowest BCUT2D eigenvalue weighted by molar-refractivity contribution is -0.141. The van der Waals surface area contributed by atoms with Crippen LogP contribution in [0.4, 0.5) is 0 Å². The first-order valence-electron chi connectivity index (χ1n) is 10.6. The molecule has 0 spiro atoms. The zero-order chi connectivity index (χ0) is 19.9. The average molecular weight is 379 g/mol. The molecule has 1 heterocycles. The molecule has 1 fully saturated rings. The van der Waals surface area contributed by atoms with Crippen molar-refractivity contribution in [3.63, 3.8) is 0 Å². The molecule has 0 radical (unpaired) electrons. The van der Waals surface area contributed by atoms with Crippen LogP contribution in [-0.4, -0.2) is 34.5 Å². The quantitative estimate of drug-likeness (QED) is 0.214. The fourth-order valence-corrected chi connectivity index (χ4v) is 2.93. The molecule has 4 unspecified atom stereocenters. The molecule has 0 aromatic carbocycles. The smallest absolute Gasteiger partial charge is 0.306 e. The standard InChI is InChI=1S/C23H38O4/c1-3-4-5-6-7-8-9-10-11-15-20(24)17-18-22-21(27-22)16-13-12-14-19(2)23(25)26/h7-8,10-11,17-22,24H,3-6,9,12-16H2,1-2H3,(H,25,26)/b8-7-,11-10-,18-17+. The molecule has 2 N–H and O–H groups in total. The first-order chi connectivity index (χ1) is 13.0. The Labute approximate surface area is 165 Å². The van der Waals surface area contributed by atoms with Gasteiger partial charge >= 0.3 is 5.97 Å². The van der Waals surface area contributed by atoms with Crippen molar-refractivity contribution < 1.29 is 19.7 Å². The van der Waals surface area contributed by atoms with Crippen molar-refractivity contribution in [3.8, 4) is 0 Å². The maximum absolute atomic E-state index is 10.8. The summed E-state index contributed by atoms with van der Waals surface area (Å²) in [5.41, 5.74) is 0. The van der Waals surface area contributed by atoms with E-state index < -0.39 is 12.1 Å². The molecule has 0 amide bonds. The fourth-order valence-electron chi connectivity index (χ4n) is 2.93. The van der Waals surface area contributed by atoms with E-state index in [1.165, 1.54) is 19.3 Å². The number of hydrogen-bond acceptors (Lipinski definition) is 3. The number of aliphatic carboxylic acids is 1. The molecule has 154 valence electrons. The summed E-state index contributed by atoms with van der Waals surface area (Å²) < 4.78 is 5.58. The van der Waals surface area contributed by atoms with E-state index in [1.54, 1.807) is 6.92 Å². The molecule has 0 saturated carbocycles. The molecule has 4 atom stereocenters. The first kappa shape index (κ1) is 23.6. The van der Waals surface area contributed by atoms with Gasteiger partial charge in [-0.1, -0.05) is 76.0 Å². The highest BCUT2D eigenvalue weighted by atomic mass is 16.6. The Balaban J connectivity index is 2.02. The van der Waals surface area contributed by atoms with E-state index in [4.69, 9.17) is 9.84 Å². The van der Waals surface area contributed by atoms with Gasteiger partial charge in [-0.15, -0.1) is 0 Å². The normalized spacial score (nSPS) is 22.0. The summed E-state index contributed by atoms with van der Waals surface area (Å²) in [6, 6.07) is 0. The summed E-state index contributed by atoms with van der Waals surface area (Å²) >= 11 is 0. The van der Waals surface area contributed by atoms with Crippen LogP contribution in [0.3, 0.4) is 0 Å². The van der Waals surface area contributed by atoms with Gasteiger partial charge in [-0.3, -0.25) is 4.79 Å². The van der Waals surface area contributed by atoms with Gasteiger partial charge in [0.1, 0.15) is 6.10 Å². The van der Waals surface area contributed by atoms with E-state index in [0.717, 1.165) is 38.5 Å². The van der Waals surface area contributed by atoms with Crippen LogP contribution in [0.1, 0.15) is 78.1 Å². The lowest BCUT2D eigenvalue weighted by atomic mass is 10.0. The summed E-state index contributed by atoms with van der Waals surface area (Å²) in [6.07, 6.45) is 22.4. The number of aliphatic hydroxyl groups is 1. The van der Waals surface area contributed by atoms with Crippen LogP contribution < -0.4 is 0 Å². The van der Waals surface area contributed by atoms with Gasteiger partial charge in [0.05, 0.1) is 18.1 Å². The van der Waals surface area contributed by atoms with E-state index in [9.17, 15) is 9.90 Å². The molecule has 0 bridgehead atoms. The maximum atomic E-state index is 10.8. The summed E-state index contributed by atoms with van der Waals surface area (Å²) in [4.78, 5) is 10.8. The molecule has 0 aliphatic carbocycles. The van der Waals surface area contributed by atoms with Crippen molar-refractivity contribution >= 4 is 5.97 Å². The third-order valence-electron chi connectivity index (χ3n) is 4.90. The molecule has 1 saturated heterocycles. The SMILES string of the molecule is CCCCC/C=C\C/C=C\CC(O)/C=C/C1OC1CCCCC(C)C(=O)O. The minimum Gasteiger partial charge on any atom is -0.481 e. The zero-order valence-corrected chi connectivity index (χ0v) is 17.1. The lowest BCUT2D eigenvalue weighted by Crippen LogP contribution is -2.09. The van der Waals surface area contributed by atoms with Crippen molar-refractivity contribution in [2.24, 2.45) is 5.92 Å². The van der Waals surface area contributed by atoms with Crippen molar-refractivity contribution in [1.82, 2.24) is 0 Å². The number of epoxide rings is 1. The number of carboxylic acid groups (broad SMARTS) is 1. The summed E-state index contributed by atoms with van der Waals surface area (Å²) in [7, 11) is 0. The van der Waals surface area contributed by atoms with Crippen LogP contribution in [0.5, 0.6) is 0 Å². The summed E-state index contributed by atoms with van der Waals surface area (Å²) in [5.74, 6) is -0.981. The highest BCUT2D eigenvalue weighted by molar-refractivity contribution is 5.69. The van der Waals surface area contributed by atoms with Crippen LogP contribution in [0, 0.1) is 5.92 Å². The molecular weight excluding hydrogens is 340 g/mol. The second-order valence-electron chi connectivity index (χ2n) is 7.53. The molecule has 4 heteroatoms. The molecule has 0 aromatic rings. The zero-order valence-electron chi connectivity index (χ0n) is 17.1. The Hall–Kier alpha value is -1.39. The fraction of sp³-hybridized carbons (Fsp3) is 0.696. The van der Waals surface area contributed by atoms with Gasteiger partial charge in [-0.2, -0.15) is 0 Å². The largest absolute Gasteiger partial charge is 0.481 e. The lowest BCUT2D eigenvalue weighted by Gasteiger charge is -2.04. The number of hydrogen-bond donors (Lipinski definition) is 2. The Morgan fingerprint density at radius 3 is 2.63 bits per heavy atom. The second kappa shape index (κ2) is 14.6. The van der Waals surface area contributed by atoms with E-state index in [-0.39, 0.29) is 18.1 Å². The van der Waals surface area contributed by atoms with Crippen LogP contribution in [0.15, 0.2) is 36.5 Å². The van der Waals surface area contributed by atoms with Gasteiger partial charge in [-0.05, 0) is 38.5 Å².